The molecule has 6 nitrogen and oxygen atoms in total. The van der Waals surface area contributed by atoms with Crippen molar-refractivity contribution in [3.8, 4) is 11.6 Å². The summed E-state index contributed by atoms with van der Waals surface area (Å²) >= 11 is 5.93. The van der Waals surface area contributed by atoms with Gasteiger partial charge in [0, 0.05) is 22.3 Å². The molecule has 0 spiro atoms. The van der Waals surface area contributed by atoms with E-state index in [0.717, 1.165) is 29.2 Å². The maximum absolute atomic E-state index is 5.93. The van der Waals surface area contributed by atoms with Gasteiger partial charge in [-0.1, -0.05) is 18.5 Å². The molecule has 0 bridgehead atoms. The van der Waals surface area contributed by atoms with Gasteiger partial charge in [-0.2, -0.15) is 5.10 Å². The molecule has 0 saturated heterocycles. The number of rotatable bonds is 7. The predicted octanol–water partition coefficient (Wildman–Crippen LogP) is 3.68. The van der Waals surface area contributed by atoms with Gasteiger partial charge in [0.2, 0.25) is 5.88 Å². The Kier molecular flexibility index (Phi) is 5.50. The molecule has 3 aromatic rings. The number of hydrogen-bond acceptors (Lipinski definition) is 5. The molecule has 2 heterocycles. The summed E-state index contributed by atoms with van der Waals surface area (Å²) in [5.41, 5.74) is 3.03. The highest BCUT2D eigenvalue weighted by Crippen LogP contribution is 2.19. The Bertz CT molecular complexity index is 832. The zero-order valence-electron chi connectivity index (χ0n) is 14.2. The van der Waals surface area contributed by atoms with Crippen molar-refractivity contribution in [3.05, 3.63) is 59.1 Å². The minimum absolute atomic E-state index is 0.490. The van der Waals surface area contributed by atoms with E-state index in [9.17, 15) is 0 Å². The Labute approximate surface area is 151 Å². The zero-order chi connectivity index (χ0) is 17.6. The van der Waals surface area contributed by atoms with Crippen molar-refractivity contribution in [1.82, 2.24) is 19.7 Å². The van der Waals surface area contributed by atoms with E-state index in [1.807, 2.05) is 37.3 Å². The monoisotopic (exact) mass is 357 g/mol. The second-order valence-corrected chi connectivity index (χ2v) is 5.92. The lowest BCUT2D eigenvalue weighted by Crippen LogP contribution is -2.15. The third-order valence-corrected chi connectivity index (χ3v) is 4.10. The number of halogens is 1. The molecule has 0 aliphatic carbocycles. The van der Waals surface area contributed by atoms with Crippen LogP contribution >= 0.6 is 11.6 Å². The van der Waals surface area contributed by atoms with Crippen molar-refractivity contribution in [2.75, 3.05) is 18.5 Å². The van der Waals surface area contributed by atoms with E-state index in [0.29, 0.717) is 24.1 Å². The highest BCUT2D eigenvalue weighted by atomic mass is 35.5. The lowest BCUT2D eigenvalue weighted by molar-refractivity contribution is 0.310. The summed E-state index contributed by atoms with van der Waals surface area (Å²) in [5.74, 6) is 1.53. The van der Waals surface area contributed by atoms with E-state index in [1.54, 1.807) is 17.2 Å². The first-order chi connectivity index (χ1) is 12.2. The number of nitrogens with one attached hydrogen (secondary N) is 1. The minimum atomic E-state index is 0.490. The van der Waals surface area contributed by atoms with Gasteiger partial charge in [-0.25, -0.2) is 14.6 Å². The van der Waals surface area contributed by atoms with Crippen LogP contribution in [0.4, 0.5) is 5.82 Å². The first-order valence-corrected chi connectivity index (χ1v) is 8.54. The molecule has 0 amide bonds. The van der Waals surface area contributed by atoms with E-state index in [1.165, 1.54) is 0 Å². The molecule has 1 N–H and O–H groups in total. The summed E-state index contributed by atoms with van der Waals surface area (Å²) in [4.78, 5) is 8.56. The van der Waals surface area contributed by atoms with Crippen LogP contribution < -0.4 is 10.1 Å². The Morgan fingerprint density at radius 3 is 2.72 bits per heavy atom. The van der Waals surface area contributed by atoms with Crippen molar-refractivity contribution in [2.45, 2.75) is 20.3 Å². The van der Waals surface area contributed by atoms with Crippen molar-refractivity contribution < 1.29 is 4.74 Å². The normalized spacial score (nSPS) is 10.7. The molecule has 2 aromatic heterocycles. The molecule has 0 radical (unpaired) electrons. The fourth-order valence-corrected chi connectivity index (χ4v) is 2.65. The first kappa shape index (κ1) is 17.2. The maximum atomic E-state index is 5.93. The maximum Gasteiger partial charge on any atom is 0.216 e. The van der Waals surface area contributed by atoms with Gasteiger partial charge in [-0.15, -0.1) is 0 Å². The molecular formula is C18H20ClN5O. The van der Waals surface area contributed by atoms with Crippen LogP contribution in [0.25, 0.3) is 5.69 Å². The summed E-state index contributed by atoms with van der Waals surface area (Å²) in [6.07, 6.45) is 4.18. The highest BCUT2D eigenvalue weighted by Gasteiger charge is 2.07. The molecule has 0 fully saturated rings. The van der Waals surface area contributed by atoms with Gasteiger partial charge >= 0.3 is 0 Å². The summed E-state index contributed by atoms with van der Waals surface area (Å²) < 4.78 is 7.58. The zero-order valence-corrected chi connectivity index (χ0v) is 15.0. The quantitative estimate of drug-likeness (QED) is 0.653. The summed E-state index contributed by atoms with van der Waals surface area (Å²) in [7, 11) is 0. The van der Waals surface area contributed by atoms with Crippen LogP contribution in [0.1, 0.15) is 18.2 Å². The average Bonchev–Trinajstić information content (AvgIpc) is 3.09. The van der Waals surface area contributed by atoms with Gasteiger partial charge < -0.3 is 10.1 Å². The Morgan fingerprint density at radius 2 is 1.96 bits per heavy atom. The molecule has 3 rings (SSSR count). The standard InChI is InChI=1S/C18H20ClN5O/c1-3-16-13(2)18(22-12-21-16)20-10-11-25-17-8-9-23-24(17)15-6-4-14(19)5-7-15/h4-9,12H,3,10-11H2,1-2H3,(H,20,21,22). The SMILES string of the molecule is CCc1ncnc(NCCOc2ccnn2-c2ccc(Cl)cc2)c1C. The van der Waals surface area contributed by atoms with Crippen LogP contribution in [-0.2, 0) is 6.42 Å². The van der Waals surface area contributed by atoms with Crippen LogP contribution in [0.3, 0.4) is 0 Å². The molecule has 7 heteroatoms. The van der Waals surface area contributed by atoms with E-state index < -0.39 is 0 Å². The fraction of sp³-hybridized carbons (Fsp3) is 0.278. The third-order valence-electron chi connectivity index (χ3n) is 3.85. The topological polar surface area (TPSA) is 64.9 Å². The number of hydrogen-bond donors (Lipinski definition) is 1. The molecule has 0 aliphatic heterocycles. The van der Waals surface area contributed by atoms with Gasteiger partial charge in [0.1, 0.15) is 18.8 Å². The van der Waals surface area contributed by atoms with Crippen molar-refractivity contribution >= 4 is 17.4 Å². The van der Waals surface area contributed by atoms with Crippen molar-refractivity contribution in [1.29, 1.82) is 0 Å². The second kappa shape index (κ2) is 7.98. The Morgan fingerprint density at radius 1 is 1.16 bits per heavy atom. The lowest BCUT2D eigenvalue weighted by atomic mass is 10.2. The average molecular weight is 358 g/mol. The van der Waals surface area contributed by atoms with Gasteiger partial charge in [0.25, 0.3) is 0 Å². The van der Waals surface area contributed by atoms with E-state index in [4.69, 9.17) is 16.3 Å². The summed E-state index contributed by atoms with van der Waals surface area (Å²) in [6, 6.07) is 9.29. The minimum Gasteiger partial charge on any atom is -0.476 e. The van der Waals surface area contributed by atoms with Crippen LogP contribution in [0.5, 0.6) is 5.88 Å². The van der Waals surface area contributed by atoms with Gasteiger partial charge in [0.15, 0.2) is 0 Å². The Hall–Kier alpha value is -2.60. The highest BCUT2D eigenvalue weighted by molar-refractivity contribution is 6.30. The smallest absolute Gasteiger partial charge is 0.216 e. The molecule has 0 saturated carbocycles. The van der Waals surface area contributed by atoms with Crippen LogP contribution in [0.2, 0.25) is 5.02 Å². The van der Waals surface area contributed by atoms with Gasteiger partial charge in [-0.3, -0.25) is 0 Å². The summed E-state index contributed by atoms with van der Waals surface area (Å²) in [5, 5.41) is 8.28. The number of benzene rings is 1. The van der Waals surface area contributed by atoms with Gasteiger partial charge in [0.05, 0.1) is 18.4 Å². The first-order valence-electron chi connectivity index (χ1n) is 8.16. The molecule has 1 aromatic carbocycles. The van der Waals surface area contributed by atoms with E-state index in [-0.39, 0.29) is 0 Å². The third kappa shape index (κ3) is 4.09. The molecule has 0 aliphatic rings. The van der Waals surface area contributed by atoms with E-state index >= 15 is 0 Å². The van der Waals surface area contributed by atoms with Crippen LogP contribution in [0.15, 0.2) is 42.9 Å². The number of ether oxygens (including phenoxy) is 1. The van der Waals surface area contributed by atoms with Gasteiger partial charge in [-0.05, 0) is 37.6 Å². The molecule has 0 atom stereocenters. The molecule has 25 heavy (non-hydrogen) atoms. The molecular weight excluding hydrogens is 338 g/mol. The van der Waals surface area contributed by atoms with Crippen LogP contribution in [-0.4, -0.2) is 32.9 Å². The molecule has 0 unspecified atom stereocenters. The number of aryl methyl sites for hydroxylation is 1. The lowest BCUT2D eigenvalue weighted by Gasteiger charge is -2.12. The second-order valence-electron chi connectivity index (χ2n) is 5.48. The van der Waals surface area contributed by atoms with Crippen LogP contribution in [0, 0.1) is 6.92 Å². The predicted molar refractivity (Wildman–Crippen MR) is 98.7 cm³/mol. The number of anilines is 1. The largest absolute Gasteiger partial charge is 0.476 e. The number of aromatic nitrogens is 4. The fourth-order valence-electron chi connectivity index (χ4n) is 2.52. The van der Waals surface area contributed by atoms with Crippen molar-refractivity contribution in [2.24, 2.45) is 0 Å². The van der Waals surface area contributed by atoms with E-state index in [2.05, 4.69) is 27.3 Å². The summed E-state index contributed by atoms with van der Waals surface area (Å²) in [6.45, 7) is 5.23. The number of nitrogens with zero attached hydrogens (tertiary/aromatic N) is 4. The Balaban J connectivity index is 1.59. The molecule has 130 valence electrons. The van der Waals surface area contributed by atoms with Crippen molar-refractivity contribution in [3.63, 3.8) is 0 Å².